The number of carbonyl (C=O) groups excluding carboxylic acids is 1. The molecule has 0 aromatic heterocycles. The Kier molecular flexibility index (Phi) is 4.02. The monoisotopic (exact) mass is 189 g/mol. The van der Waals surface area contributed by atoms with Gasteiger partial charge < -0.3 is 5.73 Å². The molecule has 2 N–H and O–H groups in total. The van der Waals surface area contributed by atoms with Gasteiger partial charge in [-0.05, 0) is 55.7 Å². The first-order valence-electron chi connectivity index (χ1n) is 4.60. The molecule has 3 heteroatoms. The van der Waals surface area contributed by atoms with Gasteiger partial charge in [-0.2, -0.15) is 0 Å². The lowest BCUT2D eigenvalue weighted by Gasteiger charge is -2.26. The fraction of sp³-hybridized carbons (Fsp3) is 0.889. The van der Waals surface area contributed by atoms with Crippen LogP contribution in [0, 0.1) is 11.8 Å². The van der Waals surface area contributed by atoms with E-state index in [1.807, 2.05) is 0 Å². The molecule has 0 saturated heterocycles. The third kappa shape index (κ3) is 3.11. The van der Waals surface area contributed by atoms with Gasteiger partial charge in [0, 0.05) is 6.42 Å². The summed E-state index contributed by atoms with van der Waals surface area (Å²) in [5.74, 6) is 1.21. The van der Waals surface area contributed by atoms with Gasteiger partial charge in [-0.1, -0.05) is 0 Å². The topological polar surface area (TPSA) is 43.1 Å². The lowest BCUT2D eigenvalue weighted by molar-refractivity contribution is -0.112. The Morgan fingerprint density at radius 1 is 1.25 bits per heavy atom. The van der Waals surface area contributed by atoms with E-state index in [0.717, 1.165) is 19.4 Å². The van der Waals surface area contributed by atoms with Gasteiger partial charge >= 0.3 is 0 Å². The van der Waals surface area contributed by atoms with E-state index in [4.69, 9.17) is 17.3 Å². The summed E-state index contributed by atoms with van der Waals surface area (Å²) in [6.45, 7) is 0.793. The van der Waals surface area contributed by atoms with Crippen molar-refractivity contribution in [2.75, 3.05) is 6.54 Å². The Hall–Kier alpha value is -0.0800. The lowest BCUT2D eigenvalue weighted by Crippen LogP contribution is -2.22. The summed E-state index contributed by atoms with van der Waals surface area (Å²) in [6, 6.07) is 0. The third-order valence-corrected chi connectivity index (χ3v) is 2.90. The molecule has 1 aliphatic rings. The van der Waals surface area contributed by atoms with Crippen LogP contribution in [0.1, 0.15) is 32.1 Å². The quantitative estimate of drug-likeness (QED) is 0.690. The van der Waals surface area contributed by atoms with Crippen molar-refractivity contribution in [1.82, 2.24) is 0 Å². The van der Waals surface area contributed by atoms with Crippen molar-refractivity contribution < 1.29 is 4.79 Å². The molecule has 1 aliphatic carbocycles. The maximum Gasteiger partial charge on any atom is 0.221 e. The van der Waals surface area contributed by atoms with Crippen molar-refractivity contribution in [2.24, 2.45) is 17.6 Å². The van der Waals surface area contributed by atoms with Gasteiger partial charge in [0.1, 0.15) is 0 Å². The highest BCUT2D eigenvalue weighted by Gasteiger charge is 2.21. The van der Waals surface area contributed by atoms with Gasteiger partial charge in [-0.25, -0.2) is 0 Å². The zero-order valence-corrected chi connectivity index (χ0v) is 8.02. The van der Waals surface area contributed by atoms with Gasteiger partial charge in [0.05, 0.1) is 0 Å². The largest absolute Gasteiger partial charge is 0.330 e. The molecule has 12 heavy (non-hydrogen) atoms. The molecule has 1 rings (SSSR count). The number of hydrogen-bond donors (Lipinski definition) is 1. The summed E-state index contributed by atoms with van der Waals surface area (Å²) < 4.78 is 0. The second-order valence-corrected chi connectivity index (χ2v) is 4.10. The predicted octanol–water partition coefficient (Wildman–Crippen LogP) is 1.91. The van der Waals surface area contributed by atoms with E-state index in [9.17, 15) is 4.79 Å². The lowest BCUT2D eigenvalue weighted by atomic mass is 9.81. The molecular weight excluding hydrogens is 174 g/mol. The molecule has 0 spiro atoms. The van der Waals surface area contributed by atoms with Gasteiger partial charge in [-0.15, -0.1) is 0 Å². The van der Waals surface area contributed by atoms with Crippen molar-refractivity contribution in [1.29, 1.82) is 0 Å². The van der Waals surface area contributed by atoms with E-state index < -0.39 is 0 Å². The molecule has 0 bridgehead atoms. The average molecular weight is 190 g/mol. The third-order valence-electron chi connectivity index (χ3n) is 2.75. The summed E-state index contributed by atoms with van der Waals surface area (Å²) in [6.07, 6.45) is 5.15. The van der Waals surface area contributed by atoms with Crippen LogP contribution in [0.5, 0.6) is 0 Å². The van der Waals surface area contributed by atoms with Gasteiger partial charge in [0.15, 0.2) is 0 Å². The minimum absolute atomic E-state index is 0.189. The van der Waals surface area contributed by atoms with Crippen LogP contribution >= 0.6 is 11.6 Å². The molecule has 0 amide bonds. The molecule has 0 aromatic carbocycles. The van der Waals surface area contributed by atoms with Crippen LogP contribution < -0.4 is 5.73 Å². The minimum Gasteiger partial charge on any atom is -0.330 e. The molecule has 2 nitrogen and oxygen atoms in total. The Morgan fingerprint density at radius 3 is 2.17 bits per heavy atom. The van der Waals surface area contributed by atoms with Crippen LogP contribution in [0.3, 0.4) is 0 Å². The van der Waals surface area contributed by atoms with E-state index in [-0.39, 0.29) is 5.24 Å². The van der Waals surface area contributed by atoms with Crippen LogP contribution in [-0.2, 0) is 4.79 Å². The average Bonchev–Trinajstić information content (AvgIpc) is 2.05. The Morgan fingerprint density at radius 2 is 1.75 bits per heavy atom. The van der Waals surface area contributed by atoms with E-state index in [1.165, 1.54) is 12.8 Å². The van der Waals surface area contributed by atoms with E-state index >= 15 is 0 Å². The Bertz CT molecular complexity index is 153. The van der Waals surface area contributed by atoms with Gasteiger partial charge in [0.25, 0.3) is 0 Å². The number of halogens is 1. The normalized spacial score (nSPS) is 30.2. The molecule has 1 saturated carbocycles. The van der Waals surface area contributed by atoms with Crippen LogP contribution in [-0.4, -0.2) is 11.8 Å². The number of rotatable bonds is 3. The van der Waals surface area contributed by atoms with E-state index in [0.29, 0.717) is 18.3 Å². The van der Waals surface area contributed by atoms with Crippen LogP contribution in [0.25, 0.3) is 0 Å². The molecule has 0 atom stereocenters. The number of nitrogens with two attached hydrogens (primary N) is 1. The first-order valence-corrected chi connectivity index (χ1v) is 4.98. The number of carbonyl (C=O) groups is 1. The summed E-state index contributed by atoms with van der Waals surface area (Å²) in [7, 11) is 0. The molecule has 0 heterocycles. The van der Waals surface area contributed by atoms with Crippen LogP contribution in [0.4, 0.5) is 0 Å². The molecule has 0 radical (unpaired) electrons. The molecule has 0 aromatic rings. The second kappa shape index (κ2) is 4.83. The smallest absolute Gasteiger partial charge is 0.221 e. The number of hydrogen-bond acceptors (Lipinski definition) is 2. The first-order chi connectivity index (χ1) is 5.72. The minimum atomic E-state index is -0.189. The van der Waals surface area contributed by atoms with Crippen molar-refractivity contribution in [2.45, 2.75) is 32.1 Å². The molecule has 70 valence electrons. The van der Waals surface area contributed by atoms with E-state index in [2.05, 4.69) is 0 Å². The standard InChI is InChI=1S/C9H16ClNO/c10-9(12)5-7-1-3-8(6-11)4-2-7/h7-8H,1-6,11H2. The SMILES string of the molecule is NCC1CCC(CC(=O)Cl)CC1. The zero-order chi connectivity index (χ0) is 8.97. The van der Waals surface area contributed by atoms with Gasteiger partial charge in [0.2, 0.25) is 5.24 Å². The fourth-order valence-corrected chi connectivity index (χ4v) is 2.12. The highest BCUT2D eigenvalue weighted by atomic mass is 35.5. The zero-order valence-electron chi connectivity index (χ0n) is 7.26. The van der Waals surface area contributed by atoms with Crippen molar-refractivity contribution >= 4 is 16.8 Å². The van der Waals surface area contributed by atoms with Crippen molar-refractivity contribution in [3.8, 4) is 0 Å². The summed E-state index contributed by atoms with van der Waals surface area (Å²) >= 11 is 5.32. The maximum absolute atomic E-state index is 10.6. The molecule has 0 unspecified atom stereocenters. The van der Waals surface area contributed by atoms with Crippen molar-refractivity contribution in [3.63, 3.8) is 0 Å². The second-order valence-electron chi connectivity index (χ2n) is 3.68. The Labute approximate surface area is 78.5 Å². The van der Waals surface area contributed by atoms with E-state index in [1.54, 1.807) is 0 Å². The highest BCUT2D eigenvalue weighted by Crippen LogP contribution is 2.30. The fourth-order valence-electron chi connectivity index (χ4n) is 1.90. The Balaban J connectivity index is 2.21. The van der Waals surface area contributed by atoms with Crippen LogP contribution in [0.2, 0.25) is 0 Å². The van der Waals surface area contributed by atoms with Crippen LogP contribution in [0.15, 0.2) is 0 Å². The summed E-state index contributed by atoms with van der Waals surface area (Å²) in [5.41, 5.74) is 5.56. The summed E-state index contributed by atoms with van der Waals surface area (Å²) in [4.78, 5) is 10.6. The molecular formula is C9H16ClNO. The highest BCUT2D eigenvalue weighted by molar-refractivity contribution is 6.63. The first kappa shape index (κ1) is 10.0. The predicted molar refractivity (Wildman–Crippen MR) is 50.0 cm³/mol. The van der Waals surface area contributed by atoms with Gasteiger partial charge in [-0.3, -0.25) is 4.79 Å². The molecule has 1 fully saturated rings. The molecule has 0 aliphatic heterocycles. The summed E-state index contributed by atoms with van der Waals surface area (Å²) in [5, 5.41) is -0.189. The van der Waals surface area contributed by atoms with Crippen molar-refractivity contribution in [3.05, 3.63) is 0 Å². The maximum atomic E-state index is 10.6.